The lowest BCUT2D eigenvalue weighted by atomic mass is 9.91. The van der Waals surface area contributed by atoms with Crippen molar-refractivity contribution >= 4 is 11.9 Å². The fraction of sp³-hybridized carbons (Fsp3) is 0.846. The molecule has 0 aromatic carbocycles. The van der Waals surface area contributed by atoms with Gasteiger partial charge in [-0.3, -0.25) is 9.59 Å². The van der Waals surface area contributed by atoms with Gasteiger partial charge in [0.2, 0.25) is 5.91 Å². The van der Waals surface area contributed by atoms with Gasteiger partial charge in [0.05, 0.1) is 11.8 Å². The molecule has 3 rings (SSSR count). The molecule has 3 fully saturated rings. The fourth-order valence-electron chi connectivity index (χ4n) is 3.68. The second-order valence-electron chi connectivity index (χ2n) is 5.72. The maximum Gasteiger partial charge on any atom is 0.307 e. The molecule has 0 radical (unpaired) electrons. The van der Waals surface area contributed by atoms with Crippen molar-refractivity contribution in [3.05, 3.63) is 0 Å². The number of carboxylic acids is 1. The van der Waals surface area contributed by atoms with Crippen LogP contribution in [0.15, 0.2) is 0 Å². The molecule has 94 valence electrons. The summed E-state index contributed by atoms with van der Waals surface area (Å²) in [6.45, 7) is 0.850. The number of carbonyl (C=O) groups is 2. The van der Waals surface area contributed by atoms with E-state index in [4.69, 9.17) is 5.11 Å². The van der Waals surface area contributed by atoms with Crippen LogP contribution in [0.5, 0.6) is 0 Å². The summed E-state index contributed by atoms with van der Waals surface area (Å²) in [6.07, 6.45) is 6.51. The number of hydrogen-bond acceptors (Lipinski definition) is 2. The van der Waals surface area contributed by atoms with Gasteiger partial charge in [0, 0.05) is 12.6 Å². The lowest BCUT2D eigenvalue weighted by Gasteiger charge is -2.38. The van der Waals surface area contributed by atoms with Crippen LogP contribution < -0.4 is 0 Å². The molecule has 0 bridgehead atoms. The number of piperidine rings is 1. The van der Waals surface area contributed by atoms with E-state index in [0.29, 0.717) is 18.4 Å². The quantitative estimate of drug-likeness (QED) is 0.791. The Labute approximate surface area is 101 Å². The first kappa shape index (κ1) is 11.1. The van der Waals surface area contributed by atoms with E-state index < -0.39 is 11.9 Å². The van der Waals surface area contributed by atoms with Gasteiger partial charge < -0.3 is 10.0 Å². The maximum absolute atomic E-state index is 12.3. The highest BCUT2D eigenvalue weighted by Crippen LogP contribution is 2.44. The predicted molar refractivity (Wildman–Crippen MR) is 61.3 cm³/mol. The summed E-state index contributed by atoms with van der Waals surface area (Å²) in [4.78, 5) is 25.1. The molecular formula is C13H19NO3. The minimum Gasteiger partial charge on any atom is -0.481 e. The monoisotopic (exact) mass is 237 g/mol. The van der Waals surface area contributed by atoms with Crippen LogP contribution in [-0.2, 0) is 9.59 Å². The first-order chi connectivity index (χ1) is 8.18. The summed E-state index contributed by atoms with van der Waals surface area (Å²) in [5.41, 5.74) is 0. The highest BCUT2D eigenvalue weighted by molar-refractivity contribution is 5.89. The molecule has 4 heteroatoms. The van der Waals surface area contributed by atoms with Crippen molar-refractivity contribution in [3.63, 3.8) is 0 Å². The Bertz CT molecular complexity index is 355. The van der Waals surface area contributed by atoms with Gasteiger partial charge in [0.1, 0.15) is 0 Å². The van der Waals surface area contributed by atoms with Gasteiger partial charge in [-0.1, -0.05) is 6.42 Å². The third-order valence-corrected chi connectivity index (χ3v) is 4.70. The number of fused-ring (bicyclic) bond motifs is 1. The van der Waals surface area contributed by atoms with Crippen LogP contribution in [0, 0.1) is 17.8 Å². The first-order valence-electron chi connectivity index (χ1n) is 6.72. The number of likely N-dealkylation sites (tertiary alicyclic amines) is 1. The van der Waals surface area contributed by atoms with Crippen LogP contribution in [0.25, 0.3) is 0 Å². The van der Waals surface area contributed by atoms with E-state index in [-0.39, 0.29) is 11.8 Å². The van der Waals surface area contributed by atoms with Gasteiger partial charge in [-0.2, -0.15) is 0 Å². The van der Waals surface area contributed by atoms with Crippen molar-refractivity contribution in [2.75, 3.05) is 6.54 Å². The lowest BCUT2D eigenvalue weighted by Crippen LogP contribution is -2.47. The Hall–Kier alpha value is -1.06. The summed E-state index contributed by atoms with van der Waals surface area (Å²) in [5.74, 6) is -0.608. The van der Waals surface area contributed by atoms with E-state index in [1.165, 1.54) is 19.3 Å². The van der Waals surface area contributed by atoms with E-state index in [1.54, 1.807) is 0 Å². The highest BCUT2D eigenvalue weighted by Gasteiger charge is 2.51. The molecule has 1 heterocycles. The highest BCUT2D eigenvalue weighted by atomic mass is 16.4. The van der Waals surface area contributed by atoms with Crippen molar-refractivity contribution < 1.29 is 14.7 Å². The normalized spacial score (nSPS) is 39.9. The molecular weight excluding hydrogens is 218 g/mol. The minimum absolute atomic E-state index is 0.119. The molecule has 0 spiro atoms. The van der Waals surface area contributed by atoms with Gasteiger partial charge in [-0.25, -0.2) is 0 Å². The second kappa shape index (κ2) is 4.00. The van der Waals surface area contributed by atoms with Gasteiger partial charge >= 0.3 is 5.97 Å². The number of carboxylic acid groups (broad SMARTS) is 1. The maximum atomic E-state index is 12.3. The summed E-state index contributed by atoms with van der Waals surface area (Å²) >= 11 is 0. The molecule has 0 aromatic rings. The zero-order chi connectivity index (χ0) is 12.0. The van der Waals surface area contributed by atoms with E-state index in [9.17, 15) is 9.59 Å². The summed E-state index contributed by atoms with van der Waals surface area (Å²) in [7, 11) is 0. The zero-order valence-corrected chi connectivity index (χ0v) is 9.97. The molecule has 4 nitrogen and oxygen atoms in total. The van der Waals surface area contributed by atoms with Gasteiger partial charge in [-0.05, 0) is 38.0 Å². The molecule has 2 saturated carbocycles. The predicted octanol–water partition coefficient (Wildman–Crippen LogP) is 1.50. The first-order valence-corrected chi connectivity index (χ1v) is 6.72. The van der Waals surface area contributed by atoms with Crippen molar-refractivity contribution in [1.29, 1.82) is 0 Å². The van der Waals surface area contributed by atoms with Gasteiger partial charge in [0.15, 0.2) is 0 Å². The van der Waals surface area contributed by atoms with Crippen LogP contribution in [0.1, 0.15) is 38.5 Å². The molecule has 4 atom stereocenters. The van der Waals surface area contributed by atoms with Crippen LogP contribution >= 0.6 is 0 Å². The minimum atomic E-state index is -0.802. The van der Waals surface area contributed by atoms with Crippen molar-refractivity contribution in [2.24, 2.45) is 17.8 Å². The number of aliphatic carboxylic acids is 1. The molecule has 4 unspecified atom stereocenters. The van der Waals surface area contributed by atoms with Crippen LogP contribution in [0.2, 0.25) is 0 Å². The SMILES string of the molecule is O=C(O)C1CC1C(=O)N1CCCC2CCCC21. The zero-order valence-electron chi connectivity index (χ0n) is 9.97. The Kier molecular flexibility index (Phi) is 2.60. The topological polar surface area (TPSA) is 57.6 Å². The average molecular weight is 237 g/mol. The number of amides is 1. The summed E-state index contributed by atoms with van der Waals surface area (Å²) in [5, 5.41) is 8.89. The molecule has 1 aliphatic heterocycles. The number of carbonyl (C=O) groups excluding carboxylic acids is 1. The largest absolute Gasteiger partial charge is 0.481 e. The van der Waals surface area contributed by atoms with Crippen LogP contribution in [0.4, 0.5) is 0 Å². The van der Waals surface area contributed by atoms with Crippen LogP contribution in [-0.4, -0.2) is 34.5 Å². The average Bonchev–Trinajstić information content (AvgIpc) is 2.98. The number of rotatable bonds is 2. The third kappa shape index (κ3) is 1.83. The van der Waals surface area contributed by atoms with Gasteiger partial charge in [-0.15, -0.1) is 0 Å². The second-order valence-corrected chi connectivity index (χ2v) is 5.72. The summed E-state index contributed by atoms with van der Waals surface area (Å²) < 4.78 is 0. The van der Waals surface area contributed by atoms with E-state index in [2.05, 4.69) is 0 Å². The Morgan fingerprint density at radius 1 is 1.06 bits per heavy atom. The molecule has 1 saturated heterocycles. The smallest absolute Gasteiger partial charge is 0.307 e. The third-order valence-electron chi connectivity index (χ3n) is 4.70. The van der Waals surface area contributed by atoms with Crippen molar-refractivity contribution in [2.45, 2.75) is 44.6 Å². The Balaban J connectivity index is 1.67. The van der Waals surface area contributed by atoms with E-state index >= 15 is 0 Å². The Morgan fingerprint density at radius 2 is 1.82 bits per heavy atom. The molecule has 3 aliphatic rings. The van der Waals surface area contributed by atoms with Crippen LogP contribution in [0.3, 0.4) is 0 Å². The standard InChI is InChI=1S/C13H19NO3/c15-12(9-7-10(9)13(16)17)14-6-2-4-8-3-1-5-11(8)14/h8-11H,1-7H2,(H,16,17). The Morgan fingerprint density at radius 3 is 2.53 bits per heavy atom. The lowest BCUT2D eigenvalue weighted by molar-refractivity contribution is -0.143. The molecule has 1 amide bonds. The number of nitrogens with zero attached hydrogens (tertiary/aromatic N) is 1. The molecule has 1 N–H and O–H groups in total. The van der Waals surface area contributed by atoms with Crippen molar-refractivity contribution in [1.82, 2.24) is 4.90 Å². The molecule has 2 aliphatic carbocycles. The summed E-state index contributed by atoms with van der Waals surface area (Å²) in [6, 6.07) is 0.422. The van der Waals surface area contributed by atoms with E-state index in [0.717, 1.165) is 19.4 Å². The van der Waals surface area contributed by atoms with E-state index in [1.807, 2.05) is 4.90 Å². The molecule has 0 aromatic heterocycles. The molecule has 17 heavy (non-hydrogen) atoms. The number of hydrogen-bond donors (Lipinski definition) is 1. The van der Waals surface area contributed by atoms with Crippen molar-refractivity contribution in [3.8, 4) is 0 Å². The van der Waals surface area contributed by atoms with Gasteiger partial charge in [0.25, 0.3) is 0 Å². The fourth-order valence-corrected chi connectivity index (χ4v) is 3.68.